The Balaban J connectivity index is 1.93. The molecule has 2 rings (SSSR count). The van der Waals surface area contributed by atoms with Crippen LogP contribution in [-0.4, -0.2) is 22.0 Å². The molecular weight excluding hydrogens is 260 g/mol. The molecule has 1 amide bonds. The number of nitrogens with zero attached hydrogens (tertiary/aromatic N) is 2. The van der Waals surface area contributed by atoms with Crippen LogP contribution in [-0.2, 0) is 13.1 Å². The van der Waals surface area contributed by atoms with Crippen molar-refractivity contribution in [2.24, 2.45) is 5.73 Å². The summed E-state index contributed by atoms with van der Waals surface area (Å²) in [6.07, 6.45) is 3.34. The zero-order chi connectivity index (χ0) is 13.8. The molecule has 0 aromatic carbocycles. The number of carbonyl (C=O) groups is 1. The van der Waals surface area contributed by atoms with Crippen LogP contribution in [0.2, 0.25) is 0 Å². The van der Waals surface area contributed by atoms with E-state index in [-0.39, 0.29) is 5.91 Å². The summed E-state index contributed by atoms with van der Waals surface area (Å²) >= 11 is 1.71. The van der Waals surface area contributed by atoms with Crippen molar-refractivity contribution < 1.29 is 4.79 Å². The Kier molecular flexibility index (Phi) is 4.34. The van der Waals surface area contributed by atoms with Gasteiger partial charge in [0.1, 0.15) is 5.69 Å². The molecule has 0 bridgehead atoms. The molecule has 5 nitrogen and oxygen atoms in total. The molecule has 2 aromatic rings. The Morgan fingerprint density at radius 1 is 1.53 bits per heavy atom. The maximum Gasteiger partial charge on any atom is 0.271 e. The number of hydrogen-bond donors (Lipinski definition) is 2. The minimum atomic E-state index is -0.153. The average molecular weight is 278 g/mol. The second-order valence-corrected chi connectivity index (χ2v) is 5.76. The zero-order valence-corrected chi connectivity index (χ0v) is 12.0. The molecule has 6 heteroatoms. The smallest absolute Gasteiger partial charge is 0.271 e. The SMILES string of the molecule is Cc1cc(CNC(=O)c2cn(CCN)cn2)sc1C. The largest absolute Gasteiger partial charge is 0.346 e. The van der Waals surface area contributed by atoms with Crippen molar-refractivity contribution >= 4 is 17.2 Å². The van der Waals surface area contributed by atoms with E-state index in [4.69, 9.17) is 5.73 Å². The van der Waals surface area contributed by atoms with Crippen LogP contribution < -0.4 is 11.1 Å². The highest BCUT2D eigenvalue weighted by Gasteiger charge is 2.09. The highest BCUT2D eigenvalue weighted by molar-refractivity contribution is 7.12. The van der Waals surface area contributed by atoms with Gasteiger partial charge < -0.3 is 15.6 Å². The van der Waals surface area contributed by atoms with E-state index in [1.807, 2.05) is 4.57 Å². The van der Waals surface area contributed by atoms with Gasteiger partial charge in [-0.15, -0.1) is 11.3 Å². The molecule has 2 heterocycles. The Labute approximate surface area is 116 Å². The van der Waals surface area contributed by atoms with Crippen LogP contribution in [0.25, 0.3) is 0 Å². The average Bonchev–Trinajstić information content (AvgIpc) is 2.95. The summed E-state index contributed by atoms with van der Waals surface area (Å²) in [7, 11) is 0. The van der Waals surface area contributed by atoms with Crippen molar-refractivity contribution in [3.63, 3.8) is 0 Å². The number of aryl methyl sites for hydroxylation is 2. The fourth-order valence-corrected chi connectivity index (χ4v) is 2.74. The highest BCUT2D eigenvalue weighted by atomic mass is 32.1. The molecule has 19 heavy (non-hydrogen) atoms. The maximum absolute atomic E-state index is 11.9. The van der Waals surface area contributed by atoms with E-state index in [0.717, 1.165) is 4.88 Å². The lowest BCUT2D eigenvalue weighted by Gasteiger charge is -2.00. The maximum atomic E-state index is 11.9. The van der Waals surface area contributed by atoms with Crippen molar-refractivity contribution in [1.82, 2.24) is 14.9 Å². The summed E-state index contributed by atoms with van der Waals surface area (Å²) in [5.41, 5.74) is 7.14. The second-order valence-electron chi connectivity index (χ2n) is 4.42. The van der Waals surface area contributed by atoms with Gasteiger partial charge in [0.2, 0.25) is 0 Å². The number of thiophene rings is 1. The number of amides is 1. The fourth-order valence-electron chi connectivity index (χ4n) is 1.74. The van der Waals surface area contributed by atoms with Gasteiger partial charge in [-0.2, -0.15) is 0 Å². The van der Waals surface area contributed by atoms with E-state index in [9.17, 15) is 4.79 Å². The lowest BCUT2D eigenvalue weighted by atomic mass is 10.3. The monoisotopic (exact) mass is 278 g/mol. The van der Waals surface area contributed by atoms with Crippen LogP contribution in [0.15, 0.2) is 18.6 Å². The Morgan fingerprint density at radius 3 is 2.95 bits per heavy atom. The van der Waals surface area contributed by atoms with E-state index in [1.165, 1.54) is 10.4 Å². The van der Waals surface area contributed by atoms with E-state index < -0.39 is 0 Å². The van der Waals surface area contributed by atoms with Gasteiger partial charge >= 0.3 is 0 Å². The van der Waals surface area contributed by atoms with Crippen LogP contribution in [0, 0.1) is 13.8 Å². The minimum absolute atomic E-state index is 0.153. The van der Waals surface area contributed by atoms with Gasteiger partial charge in [0.25, 0.3) is 5.91 Å². The fraction of sp³-hybridized carbons (Fsp3) is 0.385. The third-order valence-electron chi connectivity index (χ3n) is 2.89. The lowest BCUT2D eigenvalue weighted by molar-refractivity contribution is 0.0946. The van der Waals surface area contributed by atoms with E-state index >= 15 is 0 Å². The van der Waals surface area contributed by atoms with Crippen LogP contribution in [0.4, 0.5) is 0 Å². The van der Waals surface area contributed by atoms with Crippen LogP contribution in [0.5, 0.6) is 0 Å². The first-order chi connectivity index (χ1) is 9.10. The molecule has 0 unspecified atom stereocenters. The summed E-state index contributed by atoms with van der Waals surface area (Å²) in [5.74, 6) is -0.153. The van der Waals surface area contributed by atoms with Gasteiger partial charge in [0, 0.05) is 29.0 Å². The third kappa shape index (κ3) is 3.42. The number of rotatable bonds is 5. The molecule has 2 aromatic heterocycles. The summed E-state index contributed by atoms with van der Waals surface area (Å²) in [4.78, 5) is 18.4. The molecule has 102 valence electrons. The van der Waals surface area contributed by atoms with E-state index in [1.54, 1.807) is 23.9 Å². The van der Waals surface area contributed by atoms with Gasteiger partial charge in [0.15, 0.2) is 0 Å². The summed E-state index contributed by atoms with van der Waals surface area (Å²) in [5, 5.41) is 2.88. The Bertz CT molecular complexity index is 553. The molecule has 0 aliphatic carbocycles. The first-order valence-electron chi connectivity index (χ1n) is 6.16. The number of imidazole rings is 1. The normalized spacial score (nSPS) is 10.7. The van der Waals surface area contributed by atoms with Crippen molar-refractivity contribution in [1.29, 1.82) is 0 Å². The molecule has 3 N–H and O–H groups in total. The van der Waals surface area contributed by atoms with Crippen molar-refractivity contribution in [3.8, 4) is 0 Å². The number of nitrogens with two attached hydrogens (primary N) is 1. The van der Waals surface area contributed by atoms with Gasteiger partial charge in [-0.05, 0) is 25.5 Å². The van der Waals surface area contributed by atoms with Gasteiger partial charge in [-0.25, -0.2) is 4.98 Å². The van der Waals surface area contributed by atoms with Crippen molar-refractivity contribution in [2.75, 3.05) is 6.54 Å². The Morgan fingerprint density at radius 2 is 2.32 bits per heavy atom. The van der Waals surface area contributed by atoms with Crippen LogP contribution in [0.3, 0.4) is 0 Å². The number of carbonyl (C=O) groups excluding carboxylic acids is 1. The molecule has 0 aliphatic rings. The standard InChI is InChI=1S/C13H18N4OS/c1-9-5-11(19-10(9)2)6-15-13(18)12-7-17(4-3-14)8-16-12/h5,7-8H,3-4,6,14H2,1-2H3,(H,15,18). The highest BCUT2D eigenvalue weighted by Crippen LogP contribution is 2.20. The van der Waals surface area contributed by atoms with E-state index in [0.29, 0.717) is 25.3 Å². The molecular formula is C13H18N4OS. The summed E-state index contributed by atoms with van der Waals surface area (Å²) in [6.45, 7) is 5.90. The quantitative estimate of drug-likeness (QED) is 0.869. The zero-order valence-electron chi connectivity index (χ0n) is 11.1. The first kappa shape index (κ1) is 13.8. The molecule has 0 spiro atoms. The minimum Gasteiger partial charge on any atom is -0.346 e. The Hall–Kier alpha value is -1.66. The number of hydrogen-bond acceptors (Lipinski definition) is 4. The van der Waals surface area contributed by atoms with Crippen LogP contribution >= 0.6 is 11.3 Å². The molecule has 0 atom stereocenters. The van der Waals surface area contributed by atoms with Crippen molar-refractivity contribution in [2.45, 2.75) is 26.9 Å². The first-order valence-corrected chi connectivity index (χ1v) is 6.97. The van der Waals surface area contributed by atoms with Gasteiger partial charge in [0.05, 0.1) is 12.9 Å². The number of nitrogens with one attached hydrogen (secondary N) is 1. The van der Waals surface area contributed by atoms with Crippen LogP contribution in [0.1, 0.15) is 25.8 Å². The second kappa shape index (κ2) is 5.99. The predicted octanol–water partition coefficient (Wildman–Crippen LogP) is 1.45. The van der Waals surface area contributed by atoms with Gasteiger partial charge in [-0.1, -0.05) is 0 Å². The molecule has 0 fully saturated rings. The topological polar surface area (TPSA) is 72.9 Å². The number of aromatic nitrogens is 2. The molecule has 0 aliphatic heterocycles. The molecule has 0 radical (unpaired) electrons. The predicted molar refractivity (Wildman–Crippen MR) is 76.2 cm³/mol. The summed E-state index contributed by atoms with van der Waals surface area (Å²) < 4.78 is 1.81. The van der Waals surface area contributed by atoms with Gasteiger partial charge in [-0.3, -0.25) is 4.79 Å². The summed E-state index contributed by atoms with van der Waals surface area (Å²) in [6, 6.07) is 2.10. The molecule has 0 saturated carbocycles. The van der Waals surface area contributed by atoms with Crippen molar-refractivity contribution in [3.05, 3.63) is 39.6 Å². The third-order valence-corrected chi connectivity index (χ3v) is 4.05. The lowest BCUT2D eigenvalue weighted by Crippen LogP contribution is -2.22. The molecule has 0 saturated heterocycles. The van der Waals surface area contributed by atoms with E-state index in [2.05, 4.69) is 30.2 Å².